The summed E-state index contributed by atoms with van der Waals surface area (Å²) in [6.07, 6.45) is 3.10. The molecule has 1 unspecified atom stereocenters. The van der Waals surface area contributed by atoms with Gasteiger partial charge in [0, 0.05) is 37.2 Å². The van der Waals surface area contributed by atoms with Crippen LogP contribution in [-0.4, -0.2) is 60.8 Å². The molecule has 1 N–H and O–H groups in total. The smallest absolute Gasteiger partial charge is 0.246 e. The van der Waals surface area contributed by atoms with E-state index < -0.39 is 10.0 Å². The number of rotatable bonds is 6. The van der Waals surface area contributed by atoms with Crippen molar-refractivity contribution in [1.29, 1.82) is 0 Å². The van der Waals surface area contributed by atoms with Gasteiger partial charge in [0.1, 0.15) is 4.90 Å². The van der Waals surface area contributed by atoms with Crippen molar-refractivity contribution in [3.05, 3.63) is 40.7 Å². The minimum Gasteiger partial charge on any atom is -0.376 e. The van der Waals surface area contributed by atoms with Gasteiger partial charge in [0.25, 0.3) is 0 Å². The molecule has 1 atom stereocenters. The first-order chi connectivity index (χ1) is 15.3. The number of sulfonamides is 1. The van der Waals surface area contributed by atoms with Crippen molar-refractivity contribution in [2.45, 2.75) is 50.5 Å². The molecule has 2 fully saturated rings. The number of carbonyl (C=O) groups excluding carboxylic acids is 1. The average molecular weight is 481 g/mol. The van der Waals surface area contributed by atoms with Gasteiger partial charge in [-0.2, -0.15) is 9.40 Å². The second-order valence-electron chi connectivity index (χ2n) is 8.45. The van der Waals surface area contributed by atoms with Crippen LogP contribution < -0.4 is 5.32 Å². The van der Waals surface area contributed by atoms with Gasteiger partial charge in [-0.1, -0.05) is 11.6 Å². The third-order valence-corrected chi connectivity index (χ3v) is 8.65. The van der Waals surface area contributed by atoms with Gasteiger partial charge in [-0.3, -0.25) is 4.79 Å². The van der Waals surface area contributed by atoms with Crippen LogP contribution in [0.25, 0.3) is 5.69 Å². The first kappa shape index (κ1) is 23.2. The number of halogens is 1. The SMILES string of the molecule is Cc1nn(-c2ccc(Cl)cc2)c(C)c1S(=O)(=O)N1CCC(C(=O)NCC2CCCO2)CC1. The number of amides is 1. The number of nitrogens with zero attached hydrogens (tertiary/aromatic N) is 3. The standard InChI is InChI=1S/C22H29ClN4O4S/c1-15-21(16(2)27(25-15)19-7-5-18(23)6-8-19)32(29,30)26-11-9-17(10-12-26)22(28)24-14-20-4-3-13-31-20/h5-8,17,20H,3-4,9-14H2,1-2H3,(H,24,28). The molecule has 0 radical (unpaired) electrons. The lowest BCUT2D eigenvalue weighted by molar-refractivity contribution is -0.126. The van der Waals surface area contributed by atoms with E-state index in [0.717, 1.165) is 25.1 Å². The first-order valence-electron chi connectivity index (χ1n) is 11.0. The Balaban J connectivity index is 1.43. The zero-order valence-electron chi connectivity index (χ0n) is 18.4. The fraction of sp³-hybridized carbons (Fsp3) is 0.545. The highest BCUT2D eigenvalue weighted by Crippen LogP contribution is 2.29. The molecule has 1 amide bonds. The number of carbonyl (C=O) groups is 1. The highest BCUT2D eigenvalue weighted by Gasteiger charge is 2.35. The molecule has 2 aliphatic heterocycles. The maximum Gasteiger partial charge on any atom is 0.246 e. The Kier molecular flexibility index (Phi) is 6.90. The molecule has 1 aromatic heterocycles. The largest absolute Gasteiger partial charge is 0.376 e. The molecule has 2 aliphatic rings. The maximum absolute atomic E-state index is 13.4. The van der Waals surface area contributed by atoms with Gasteiger partial charge < -0.3 is 10.1 Å². The van der Waals surface area contributed by atoms with Crippen LogP contribution in [0.2, 0.25) is 5.02 Å². The van der Waals surface area contributed by atoms with Crippen molar-refractivity contribution >= 4 is 27.5 Å². The van der Waals surface area contributed by atoms with Crippen molar-refractivity contribution in [2.24, 2.45) is 5.92 Å². The summed E-state index contributed by atoms with van der Waals surface area (Å²) >= 11 is 5.97. The van der Waals surface area contributed by atoms with Crippen LogP contribution in [0.15, 0.2) is 29.2 Å². The van der Waals surface area contributed by atoms with Gasteiger partial charge in [-0.05, 0) is 63.8 Å². The second-order valence-corrected chi connectivity index (χ2v) is 10.8. The molecule has 4 rings (SSSR count). The van der Waals surface area contributed by atoms with Crippen LogP contribution >= 0.6 is 11.6 Å². The third-order valence-electron chi connectivity index (χ3n) is 6.25. The van der Waals surface area contributed by atoms with E-state index >= 15 is 0 Å². The molecule has 0 saturated carbocycles. The van der Waals surface area contributed by atoms with Gasteiger partial charge in [0.15, 0.2) is 0 Å². The Hall–Kier alpha value is -1.94. The van der Waals surface area contributed by atoms with Crippen LogP contribution in [0, 0.1) is 19.8 Å². The van der Waals surface area contributed by atoms with Crippen molar-refractivity contribution in [3.8, 4) is 5.69 Å². The molecular formula is C22H29ClN4O4S. The van der Waals surface area contributed by atoms with Crippen LogP contribution in [0.3, 0.4) is 0 Å². The van der Waals surface area contributed by atoms with Crippen LogP contribution in [0.4, 0.5) is 0 Å². The Morgan fingerprint density at radius 3 is 2.50 bits per heavy atom. The van der Waals surface area contributed by atoms with Crippen molar-refractivity contribution < 1.29 is 17.9 Å². The highest BCUT2D eigenvalue weighted by molar-refractivity contribution is 7.89. The zero-order valence-corrected chi connectivity index (χ0v) is 20.0. The third kappa shape index (κ3) is 4.71. The van der Waals surface area contributed by atoms with Gasteiger partial charge in [0.2, 0.25) is 15.9 Å². The summed E-state index contributed by atoms with van der Waals surface area (Å²) < 4.78 is 35.5. The normalized spacial score (nSPS) is 20.5. The maximum atomic E-state index is 13.4. The fourth-order valence-electron chi connectivity index (χ4n) is 4.49. The van der Waals surface area contributed by atoms with Gasteiger partial charge in [0.05, 0.1) is 23.2 Å². The van der Waals surface area contributed by atoms with E-state index in [2.05, 4.69) is 10.4 Å². The Bertz CT molecular complexity index is 1070. The molecular weight excluding hydrogens is 452 g/mol. The lowest BCUT2D eigenvalue weighted by Crippen LogP contribution is -2.44. The predicted octanol–water partition coefficient (Wildman–Crippen LogP) is 2.84. The van der Waals surface area contributed by atoms with Crippen molar-refractivity contribution in [2.75, 3.05) is 26.2 Å². The molecule has 0 bridgehead atoms. The molecule has 0 spiro atoms. The van der Waals surface area contributed by atoms with E-state index in [1.165, 1.54) is 4.31 Å². The molecule has 2 aromatic rings. The topological polar surface area (TPSA) is 93.5 Å². The zero-order chi connectivity index (χ0) is 22.9. The van der Waals surface area contributed by atoms with E-state index in [-0.39, 0.29) is 22.8 Å². The number of hydrogen-bond donors (Lipinski definition) is 1. The van der Waals surface area contributed by atoms with Crippen molar-refractivity contribution in [3.63, 3.8) is 0 Å². The van der Waals surface area contributed by atoms with Gasteiger partial charge in [-0.15, -0.1) is 0 Å². The number of piperidine rings is 1. The molecule has 1 aromatic carbocycles. The Labute approximate surface area is 193 Å². The monoisotopic (exact) mass is 480 g/mol. The molecule has 10 heteroatoms. The summed E-state index contributed by atoms with van der Waals surface area (Å²) in [7, 11) is -3.72. The molecule has 0 aliphatic carbocycles. The molecule has 174 valence electrons. The minimum atomic E-state index is -3.72. The fourth-order valence-corrected chi connectivity index (χ4v) is 6.44. The molecule has 2 saturated heterocycles. The second kappa shape index (κ2) is 9.51. The lowest BCUT2D eigenvalue weighted by atomic mass is 9.97. The molecule has 32 heavy (non-hydrogen) atoms. The summed E-state index contributed by atoms with van der Waals surface area (Å²) in [4.78, 5) is 12.7. The number of aromatic nitrogens is 2. The van der Waals surface area contributed by atoms with E-state index in [1.807, 2.05) is 0 Å². The van der Waals surface area contributed by atoms with E-state index in [4.69, 9.17) is 16.3 Å². The molecule has 8 nitrogen and oxygen atoms in total. The minimum absolute atomic E-state index is 0.0135. The quantitative estimate of drug-likeness (QED) is 0.686. The predicted molar refractivity (Wildman–Crippen MR) is 122 cm³/mol. The number of ether oxygens (including phenoxy) is 1. The average Bonchev–Trinajstić information content (AvgIpc) is 3.40. The van der Waals surface area contributed by atoms with E-state index in [9.17, 15) is 13.2 Å². The van der Waals surface area contributed by atoms with Gasteiger partial charge in [-0.25, -0.2) is 13.1 Å². The van der Waals surface area contributed by atoms with Crippen LogP contribution in [-0.2, 0) is 19.6 Å². The summed E-state index contributed by atoms with van der Waals surface area (Å²) in [6, 6.07) is 7.10. The Morgan fingerprint density at radius 1 is 1.19 bits per heavy atom. The number of benzene rings is 1. The first-order valence-corrected chi connectivity index (χ1v) is 12.8. The highest BCUT2D eigenvalue weighted by atomic mass is 35.5. The lowest BCUT2D eigenvalue weighted by Gasteiger charge is -2.30. The van der Waals surface area contributed by atoms with Crippen LogP contribution in [0.5, 0.6) is 0 Å². The summed E-state index contributed by atoms with van der Waals surface area (Å²) in [5, 5.41) is 8.04. The van der Waals surface area contributed by atoms with Crippen LogP contribution in [0.1, 0.15) is 37.1 Å². The molecule has 3 heterocycles. The summed E-state index contributed by atoms with van der Waals surface area (Å²) in [5.41, 5.74) is 1.76. The summed E-state index contributed by atoms with van der Waals surface area (Å²) in [5.74, 6) is -0.192. The van der Waals surface area contributed by atoms with E-state index in [1.54, 1.807) is 42.8 Å². The van der Waals surface area contributed by atoms with E-state index in [0.29, 0.717) is 48.9 Å². The Morgan fingerprint density at radius 2 is 1.88 bits per heavy atom. The van der Waals surface area contributed by atoms with Gasteiger partial charge >= 0.3 is 0 Å². The number of hydrogen-bond acceptors (Lipinski definition) is 5. The van der Waals surface area contributed by atoms with Crippen molar-refractivity contribution in [1.82, 2.24) is 19.4 Å². The number of aryl methyl sites for hydroxylation is 1. The summed E-state index contributed by atoms with van der Waals surface area (Å²) in [6.45, 7) is 5.37. The number of nitrogens with one attached hydrogen (secondary N) is 1.